The zero-order chi connectivity index (χ0) is 17.6. The molecule has 0 bridgehead atoms. The lowest BCUT2D eigenvalue weighted by molar-refractivity contribution is -0.133. The van der Waals surface area contributed by atoms with Gasteiger partial charge in [0.2, 0.25) is 0 Å². The van der Waals surface area contributed by atoms with E-state index in [2.05, 4.69) is 10.1 Å². The number of halogens is 2. The number of ether oxygens (including phenoxy) is 2. The molecule has 8 heteroatoms. The lowest BCUT2D eigenvalue weighted by Crippen LogP contribution is -2.34. The monoisotopic (exact) mass is 329 g/mol. The van der Waals surface area contributed by atoms with Gasteiger partial charge in [0.25, 0.3) is 0 Å². The second-order valence-electron chi connectivity index (χ2n) is 5.44. The van der Waals surface area contributed by atoms with Crippen LogP contribution in [0.2, 0.25) is 0 Å². The van der Waals surface area contributed by atoms with E-state index >= 15 is 0 Å². The van der Waals surface area contributed by atoms with Crippen LogP contribution in [0, 0.1) is 0 Å². The van der Waals surface area contributed by atoms with Gasteiger partial charge in [-0.15, -0.1) is 0 Å². The van der Waals surface area contributed by atoms with Crippen molar-refractivity contribution in [3.8, 4) is 5.75 Å². The third kappa shape index (κ3) is 7.25. The summed E-state index contributed by atoms with van der Waals surface area (Å²) < 4.78 is 33.2. The van der Waals surface area contributed by atoms with Gasteiger partial charge in [0, 0.05) is 0 Å². The third-order valence-corrected chi connectivity index (χ3v) is 2.28. The Labute approximate surface area is 131 Å². The van der Waals surface area contributed by atoms with Gasteiger partial charge in [0.15, 0.2) is 0 Å². The maximum absolute atomic E-state index is 12.0. The first-order valence-corrected chi connectivity index (χ1v) is 6.57. The molecule has 0 heterocycles. The standard InChI is InChI=1S/C15H17F2NO5/c1-15(2,3)23-14(21)18-11(12(19)20)8-9-4-6-10(7-5-9)22-13(16)17/h4-8,13H,1-3H3,(H,18,21)(H,19,20)/b11-8-. The van der Waals surface area contributed by atoms with E-state index in [9.17, 15) is 18.4 Å². The predicted octanol–water partition coefficient (Wildman–Crippen LogP) is 3.24. The summed E-state index contributed by atoms with van der Waals surface area (Å²) in [5.41, 5.74) is -0.816. The molecule has 0 unspecified atom stereocenters. The van der Waals surface area contributed by atoms with Gasteiger partial charge in [-0.3, -0.25) is 5.32 Å². The maximum Gasteiger partial charge on any atom is 0.412 e. The summed E-state index contributed by atoms with van der Waals surface area (Å²) in [5.74, 6) is -1.43. The van der Waals surface area contributed by atoms with Crippen molar-refractivity contribution < 1.29 is 33.0 Å². The van der Waals surface area contributed by atoms with Gasteiger partial charge in [-0.2, -0.15) is 8.78 Å². The minimum Gasteiger partial charge on any atom is -0.477 e. The second kappa shape index (κ2) is 7.57. The molecule has 0 atom stereocenters. The summed E-state index contributed by atoms with van der Waals surface area (Å²) in [7, 11) is 0. The van der Waals surface area contributed by atoms with Gasteiger partial charge >= 0.3 is 18.7 Å². The van der Waals surface area contributed by atoms with Crippen molar-refractivity contribution in [1.29, 1.82) is 0 Å². The number of hydrogen-bond donors (Lipinski definition) is 2. The van der Waals surface area contributed by atoms with E-state index in [1.54, 1.807) is 20.8 Å². The molecule has 0 saturated carbocycles. The fourth-order valence-corrected chi connectivity index (χ4v) is 1.48. The Balaban J connectivity index is 2.86. The second-order valence-corrected chi connectivity index (χ2v) is 5.44. The zero-order valence-corrected chi connectivity index (χ0v) is 12.8. The van der Waals surface area contributed by atoms with E-state index in [0.717, 1.165) is 0 Å². The Bertz CT molecular complexity index is 591. The lowest BCUT2D eigenvalue weighted by atomic mass is 10.2. The van der Waals surface area contributed by atoms with Gasteiger partial charge in [0.1, 0.15) is 17.0 Å². The number of carbonyl (C=O) groups excluding carboxylic acids is 1. The van der Waals surface area contributed by atoms with E-state index in [0.29, 0.717) is 5.56 Å². The minimum absolute atomic E-state index is 0.0610. The fourth-order valence-electron chi connectivity index (χ4n) is 1.48. The van der Waals surface area contributed by atoms with Gasteiger partial charge < -0.3 is 14.6 Å². The highest BCUT2D eigenvalue weighted by molar-refractivity contribution is 5.95. The molecule has 1 aromatic rings. The number of carbonyl (C=O) groups is 2. The van der Waals surface area contributed by atoms with Gasteiger partial charge in [-0.1, -0.05) is 12.1 Å². The fraction of sp³-hybridized carbons (Fsp3) is 0.333. The Kier molecular flexibility index (Phi) is 6.06. The number of carboxylic acid groups (broad SMARTS) is 1. The van der Waals surface area contributed by atoms with Crippen molar-refractivity contribution in [2.24, 2.45) is 0 Å². The number of alkyl halides is 2. The maximum atomic E-state index is 12.0. The Hall–Kier alpha value is -2.64. The van der Waals surface area contributed by atoms with Crippen molar-refractivity contribution in [3.05, 3.63) is 35.5 Å². The van der Waals surface area contributed by atoms with Crippen LogP contribution in [-0.2, 0) is 9.53 Å². The first kappa shape index (κ1) is 18.4. The number of aliphatic carboxylic acids is 1. The molecule has 0 spiro atoms. The molecule has 126 valence electrons. The van der Waals surface area contributed by atoms with Crippen molar-refractivity contribution in [3.63, 3.8) is 0 Å². The molecule has 2 N–H and O–H groups in total. The first-order valence-electron chi connectivity index (χ1n) is 6.57. The zero-order valence-electron chi connectivity index (χ0n) is 12.8. The molecule has 0 aliphatic heterocycles. The molecule has 23 heavy (non-hydrogen) atoms. The van der Waals surface area contributed by atoms with Crippen molar-refractivity contribution in [2.45, 2.75) is 33.0 Å². The molecule has 0 aliphatic carbocycles. The quantitative estimate of drug-likeness (QED) is 0.810. The number of alkyl carbamates (subject to hydrolysis) is 1. The Morgan fingerprint density at radius 3 is 2.22 bits per heavy atom. The largest absolute Gasteiger partial charge is 0.477 e. The first-order chi connectivity index (χ1) is 10.6. The summed E-state index contributed by atoms with van der Waals surface area (Å²) in [6.45, 7) is 1.97. The van der Waals surface area contributed by atoms with Crippen molar-refractivity contribution >= 4 is 18.1 Å². The Morgan fingerprint density at radius 1 is 1.22 bits per heavy atom. The average Bonchev–Trinajstić information content (AvgIpc) is 2.37. The molecule has 1 rings (SSSR count). The number of hydrogen-bond acceptors (Lipinski definition) is 4. The van der Waals surface area contributed by atoms with Crippen LogP contribution in [0.25, 0.3) is 6.08 Å². The van der Waals surface area contributed by atoms with Crippen LogP contribution in [0.3, 0.4) is 0 Å². The molecule has 1 aromatic carbocycles. The topological polar surface area (TPSA) is 84.9 Å². The summed E-state index contributed by atoms with van der Waals surface area (Å²) in [5, 5.41) is 11.2. The molecular weight excluding hydrogens is 312 g/mol. The van der Waals surface area contributed by atoms with Crippen LogP contribution >= 0.6 is 0 Å². The van der Waals surface area contributed by atoms with Crippen LogP contribution in [0.1, 0.15) is 26.3 Å². The normalized spacial score (nSPS) is 12.0. The van der Waals surface area contributed by atoms with Gasteiger partial charge in [-0.05, 0) is 44.5 Å². The number of rotatable bonds is 5. The van der Waals surface area contributed by atoms with Crippen LogP contribution < -0.4 is 10.1 Å². The minimum atomic E-state index is -2.94. The molecular formula is C15H17F2NO5. The van der Waals surface area contributed by atoms with E-state index in [4.69, 9.17) is 9.84 Å². The van der Waals surface area contributed by atoms with Crippen LogP contribution in [0.15, 0.2) is 30.0 Å². The predicted molar refractivity (Wildman–Crippen MR) is 78.1 cm³/mol. The molecule has 6 nitrogen and oxygen atoms in total. The Morgan fingerprint density at radius 2 is 1.78 bits per heavy atom. The molecule has 0 aromatic heterocycles. The highest BCUT2D eigenvalue weighted by Crippen LogP contribution is 2.16. The van der Waals surface area contributed by atoms with E-state index in [1.165, 1.54) is 30.3 Å². The van der Waals surface area contributed by atoms with Crippen molar-refractivity contribution in [1.82, 2.24) is 5.32 Å². The molecule has 0 fully saturated rings. The lowest BCUT2D eigenvalue weighted by Gasteiger charge is -2.19. The van der Waals surface area contributed by atoms with E-state index in [-0.39, 0.29) is 5.75 Å². The number of carboxylic acids is 1. The number of amides is 1. The smallest absolute Gasteiger partial charge is 0.412 e. The van der Waals surface area contributed by atoms with Crippen LogP contribution in [0.5, 0.6) is 5.75 Å². The third-order valence-electron chi connectivity index (χ3n) is 2.28. The van der Waals surface area contributed by atoms with Crippen LogP contribution in [0.4, 0.5) is 13.6 Å². The summed E-state index contributed by atoms with van der Waals surface area (Å²) in [6.07, 6.45) is 0.252. The molecule has 0 aliphatic rings. The van der Waals surface area contributed by atoms with E-state index < -0.39 is 30.0 Å². The van der Waals surface area contributed by atoms with Gasteiger partial charge in [-0.25, -0.2) is 9.59 Å². The SMILES string of the molecule is CC(C)(C)OC(=O)N/C(=C\c1ccc(OC(F)F)cc1)C(=O)O. The summed E-state index contributed by atoms with van der Waals surface area (Å²) in [6, 6.07) is 5.25. The molecule has 0 radical (unpaired) electrons. The number of benzene rings is 1. The molecule has 0 saturated heterocycles. The average molecular weight is 329 g/mol. The number of nitrogens with one attached hydrogen (secondary N) is 1. The summed E-state index contributed by atoms with van der Waals surface area (Å²) >= 11 is 0. The highest BCUT2D eigenvalue weighted by Gasteiger charge is 2.19. The summed E-state index contributed by atoms with van der Waals surface area (Å²) in [4.78, 5) is 22.8. The van der Waals surface area contributed by atoms with Crippen LogP contribution in [-0.4, -0.2) is 29.4 Å². The van der Waals surface area contributed by atoms with E-state index in [1.807, 2.05) is 0 Å². The highest BCUT2D eigenvalue weighted by atomic mass is 19.3. The molecule has 1 amide bonds. The van der Waals surface area contributed by atoms with Crippen molar-refractivity contribution in [2.75, 3.05) is 0 Å². The van der Waals surface area contributed by atoms with Gasteiger partial charge in [0.05, 0.1) is 0 Å².